The number of nitrogens with zero attached hydrogens (tertiary/aromatic N) is 3. The van der Waals surface area contributed by atoms with E-state index in [1.807, 2.05) is 25.1 Å². The summed E-state index contributed by atoms with van der Waals surface area (Å²) in [5.74, 6) is -0.0964. The summed E-state index contributed by atoms with van der Waals surface area (Å²) >= 11 is 1.68. The van der Waals surface area contributed by atoms with Crippen molar-refractivity contribution in [1.82, 2.24) is 15.5 Å². The highest BCUT2D eigenvalue weighted by Crippen LogP contribution is 2.31. The van der Waals surface area contributed by atoms with E-state index in [0.29, 0.717) is 25.4 Å². The number of aromatic nitrogens is 2. The largest absolute Gasteiger partial charge is 0.370 e. The summed E-state index contributed by atoms with van der Waals surface area (Å²) in [7, 11) is 0. The van der Waals surface area contributed by atoms with Crippen LogP contribution in [0.4, 0.5) is 5.13 Å². The van der Waals surface area contributed by atoms with Crippen molar-refractivity contribution >= 4 is 32.6 Å². The van der Waals surface area contributed by atoms with Gasteiger partial charge < -0.3 is 19.5 Å². The number of para-hydroxylation sites is 1. The molecule has 1 aromatic carbocycles. The highest BCUT2D eigenvalue weighted by Gasteiger charge is 2.33. The molecule has 26 heavy (non-hydrogen) atoms. The summed E-state index contributed by atoms with van der Waals surface area (Å²) in [5.41, 5.74) is 1.17. The minimum atomic E-state index is -0.463. The van der Waals surface area contributed by atoms with Gasteiger partial charge in [0.25, 0.3) is 0 Å². The van der Waals surface area contributed by atoms with Gasteiger partial charge in [-0.05, 0) is 19.1 Å². The molecule has 0 radical (unpaired) electrons. The zero-order valence-corrected chi connectivity index (χ0v) is 15.3. The Labute approximate surface area is 154 Å². The summed E-state index contributed by atoms with van der Waals surface area (Å²) in [4.78, 5) is 19.1. The first-order valence-corrected chi connectivity index (χ1v) is 9.33. The van der Waals surface area contributed by atoms with Crippen molar-refractivity contribution < 1.29 is 14.1 Å². The number of ether oxygens (including phenoxy) is 1. The molecule has 4 rings (SSSR count). The van der Waals surface area contributed by atoms with Gasteiger partial charge in [-0.25, -0.2) is 4.98 Å². The van der Waals surface area contributed by atoms with Crippen LogP contribution in [0.15, 0.2) is 41.1 Å². The van der Waals surface area contributed by atoms with Crippen molar-refractivity contribution in [3.05, 3.63) is 42.3 Å². The number of carbonyl (C=O) groups excluding carboxylic acids is 1. The van der Waals surface area contributed by atoms with Crippen LogP contribution in [0.1, 0.15) is 12.6 Å². The number of rotatable bonds is 5. The molecular formula is C18H20N4O3S. The molecule has 2 aromatic heterocycles. The maximum Gasteiger partial charge on any atom is 0.226 e. The summed E-state index contributed by atoms with van der Waals surface area (Å²) in [6.45, 7) is 4.53. The molecule has 136 valence electrons. The highest BCUT2D eigenvalue weighted by molar-refractivity contribution is 7.22. The number of hydrogen-bond donors (Lipinski definition) is 1. The number of carbonyl (C=O) groups is 1. The molecule has 1 amide bonds. The number of morpholine rings is 1. The minimum absolute atomic E-state index is 0.0964. The number of nitrogens with one attached hydrogen (secondary N) is 1. The van der Waals surface area contributed by atoms with Gasteiger partial charge in [0.2, 0.25) is 5.91 Å². The van der Waals surface area contributed by atoms with Crippen LogP contribution in [-0.2, 0) is 16.0 Å². The first kappa shape index (κ1) is 17.0. The van der Waals surface area contributed by atoms with Gasteiger partial charge in [-0.1, -0.05) is 28.6 Å². The molecule has 0 spiro atoms. The lowest BCUT2D eigenvalue weighted by atomic mass is 10.0. The average Bonchev–Trinajstić information content (AvgIpc) is 3.29. The molecule has 7 nitrogen and oxygen atoms in total. The maximum atomic E-state index is 12.1. The Morgan fingerprint density at radius 2 is 2.27 bits per heavy atom. The number of anilines is 1. The lowest BCUT2D eigenvalue weighted by Crippen LogP contribution is -2.55. The molecule has 3 aromatic rings. The first-order chi connectivity index (χ1) is 12.6. The highest BCUT2D eigenvalue weighted by atomic mass is 32.1. The Hall–Kier alpha value is -2.45. The van der Waals surface area contributed by atoms with E-state index >= 15 is 0 Å². The van der Waals surface area contributed by atoms with Crippen LogP contribution < -0.4 is 10.2 Å². The van der Waals surface area contributed by atoms with Crippen LogP contribution in [0, 0.1) is 0 Å². The van der Waals surface area contributed by atoms with Gasteiger partial charge in [-0.15, -0.1) is 0 Å². The Morgan fingerprint density at radius 3 is 3.08 bits per heavy atom. The topological polar surface area (TPSA) is 80.5 Å². The van der Waals surface area contributed by atoms with Crippen molar-refractivity contribution in [2.75, 3.05) is 31.1 Å². The number of amides is 1. The minimum Gasteiger partial charge on any atom is -0.370 e. The Kier molecular flexibility index (Phi) is 4.60. The van der Waals surface area contributed by atoms with E-state index in [1.165, 1.54) is 11.0 Å². The molecule has 1 atom stereocenters. The maximum absolute atomic E-state index is 12.1. The summed E-state index contributed by atoms with van der Waals surface area (Å²) in [6, 6.07) is 9.82. The van der Waals surface area contributed by atoms with Crippen molar-refractivity contribution in [3.63, 3.8) is 0 Å². The van der Waals surface area contributed by atoms with Gasteiger partial charge in [0.05, 0.1) is 35.5 Å². The monoisotopic (exact) mass is 372 g/mol. The average molecular weight is 372 g/mol. The van der Waals surface area contributed by atoms with Gasteiger partial charge in [0.1, 0.15) is 11.9 Å². The lowest BCUT2D eigenvalue weighted by molar-refractivity contribution is -0.122. The fraction of sp³-hybridized carbons (Fsp3) is 0.389. The van der Waals surface area contributed by atoms with E-state index in [2.05, 4.69) is 21.4 Å². The summed E-state index contributed by atoms with van der Waals surface area (Å²) in [5, 5.41) is 7.69. The third-order valence-electron chi connectivity index (χ3n) is 4.38. The normalized spacial score (nSPS) is 20.4. The van der Waals surface area contributed by atoms with E-state index < -0.39 is 5.60 Å². The second kappa shape index (κ2) is 7.05. The molecule has 1 aliphatic heterocycles. The van der Waals surface area contributed by atoms with Crippen LogP contribution in [0.3, 0.4) is 0 Å². The van der Waals surface area contributed by atoms with Gasteiger partial charge >= 0.3 is 0 Å². The first-order valence-electron chi connectivity index (χ1n) is 8.52. The fourth-order valence-corrected chi connectivity index (χ4v) is 4.03. The molecule has 0 bridgehead atoms. The number of hydrogen-bond acceptors (Lipinski definition) is 7. The fourth-order valence-electron chi connectivity index (χ4n) is 3.04. The zero-order valence-electron chi connectivity index (χ0n) is 14.5. The lowest BCUT2D eigenvalue weighted by Gasteiger charge is -2.40. The van der Waals surface area contributed by atoms with E-state index in [1.54, 1.807) is 17.4 Å². The predicted octanol–water partition coefficient (Wildman–Crippen LogP) is 2.24. The molecule has 3 heterocycles. The molecule has 0 saturated carbocycles. The van der Waals surface area contributed by atoms with E-state index in [-0.39, 0.29) is 12.3 Å². The smallest absolute Gasteiger partial charge is 0.226 e. The van der Waals surface area contributed by atoms with Gasteiger partial charge in [0, 0.05) is 19.2 Å². The van der Waals surface area contributed by atoms with Crippen LogP contribution in [-0.4, -0.2) is 47.9 Å². The predicted molar refractivity (Wildman–Crippen MR) is 99.4 cm³/mol. The quantitative estimate of drug-likeness (QED) is 0.740. The molecule has 8 heteroatoms. The molecule has 0 aliphatic carbocycles. The van der Waals surface area contributed by atoms with Crippen molar-refractivity contribution in [2.45, 2.75) is 18.9 Å². The molecule has 1 aliphatic rings. The Balaban J connectivity index is 1.39. The third-order valence-corrected chi connectivity index (χ3v) is 5.48. The second-order valence-corrected chi connectivity index (χ2v) is 7.64. The standard InChI is InChI=1S/C18H20N4O3S/c1-18(11-19-16(23)10-13-6-8-25-21-13)12-22(7-9-24-18)17-20-14-4-2-3-5-15(14)26-17/h2-6,8H,7,9-12H2,1H3,(H,19,23). The van der Waals surface area contributed by atoms with E-state index in [9.17, 15) is 4.79 Å². The Bertz CT molecular complexity index is 862. The van der Waals surface area contributed by atoms with Crippen molar-refractivity contribution in [2.24, 2.45) is 0 Å². The van der Waals surface area contributed by atoms with Gasteiger partial charge in [-0.2, -0.15) is 0 Å². The van der Waals surface area contributed by atoms with Crippen molar-refractivity contribution in [3.8, 4) is 0 Å². The SMILES string of the molecule is CC1(CNC(=O)Cc2ccon2)CN(c2nc3ccccc3s2)CCO1. The van der Waals surface area contributed by atoms with Crippen LogP contribution in [0.25, 0.3) is 10.2 Å². The molecular weight excluding hydrogens is 352 g/mol. The van der Waals surface area contributed by atoms with E-state index in [0.717, 1.165) is 17.2 Å². The van der Waals surface area contributed by atoms with E-state index in [4.69, 9.17) is 14.2 Å². The number of fused-ring (bicyclic) bond motifs is 1. The molecule has 1 N–H and O–H groups in total. The van der Waals surface area contributed by atoms with Crippen molar-refractivity contribution in [1.29, 1.82) is 0 Å². The third kappa shape index (κ3) is 3.71. The number of benzene rings is 1. The summed E-state index contributed by atoms with van der Waals surface area (Å²) in [6.07, 6.45) is 1.66. The Morgan fingerprint density at radius 1 is 1.38 bits per heavy atom. The van der Waals surface area contributed by atoms with Gasteiger partial charge in [-0.3, -0.25) is 4.79 Å². The molecule has 1 saturated heterocycles. The second-order valence-electron chi connectivity index (χ2n) is 6.63. The molecule has 1 unspecified atom stereocenters. The van der Waals surface area contributed by atoms with Gasteiger partial charge in [0.15, 0.2) is 5.13 Å². The number of thiazole rings is 1. The molecule has 1 fully saturated rings. The van der Waals surface area contributed by atoms with Crippen LogP contribution in [0.5, 0.6) is 0 Å². The van der Waals surface area contributed by atoms with Crippen LogP contribution in [0.2, 0.25) is 0 Å². The van der Waals surface area contributed by atoms with Crippen LogP contribution >= 0.6 is 11.3 Å². The zero-order chi connectivity index (χ0) is 18.0. The summed E-state index contributed by atoms with van der Waals surface area (Å²) < 4.78 is 11.9.